The number of hydrogen-bond acceptors (Lipinski definition) is 4. The van der Waals surface area contributed by atoms with Crippen LogP contribution in [-0.2, 0) is 18.4 Å². The summed E-state index contributed by atoms with van der Waals surface area (Å²) in [6, 6.07) is 12.4. The number of para-hydroxylation sites is 2. The molecular weight excluding hydrogens is 375 g/mol. The van der Waals surface area contributed by atoms with E-state index in [9.17, 15) is 14.0 Å². The number of halogens is 1. The van der Waals surface area contributed by atoms with Crippen LogP contribution in [0.15, 0.2) is 70.1 Å². The van der Waals surface area contributed by atoms with Crippen LogP contribution in [0.25, 0.3) is 11.1 Å². The maximum Gasteiger partial charge on any atom is 0.419 e. The Morgan fingerprint density at radius 2 is 1.97 bits per heavy atom. The van der Waals surface area contributed by atoms with Crippen molar-refractivity contribution in [3.8, 4) is 0 Å². The number of aryl methyl sites for hydroxylation is 2. The Hall–Kier alpha value is -3.68. The quantitative estimate of drug-likeness (QED) is 0.545. The fourth-order valence-electron chi connectivity index (χ4n) is 3.28. The Labute approximate surface area is 165 Å². The number of oxazole rings is 1. The summed E-state index contributed by atoms with van der Waals surface area (Å²) in [4.78, 5) is 29.1. The third-order valence-electron chi connectivity index (χ3n) is 4.76. The first-order chi connectivity index (χ1) is 14.0. The van der Waals surface area contributed by atoms with Crippen LogP contribution in [-0.4, -0.2) is 20.0 Å². The van der Waals surface area contributed by atoms with E-state index in [1.54, 1.807) is 53.4 Å². The first kappa shape index (κ1) is 18.7. The summed E-state index contributed by atoms with van der Waals surface area (Å²) in [7, 11) is 1.82. The molecule has 0 fully saturated rings. The van der Waals surface area contributed by atoms with Gasteiger partial charge in [-0.15, -0.1) is 0 Å². The highest BCUT2D eigenvalue weighted by Gasteiger charge is 2.21. The molecule has 0 aliphatic carbocycles. The Bertz CT molecular complexity index is 1210. The van der Waals surface area contributed by atoms with E-state index < -0.39 is 11.8 Å². The SMILES string of the molecule is Cn1ccnc1C(NC(=O)CCn1c(=O)oc2ccccc21)c1ccc(F)cc1. The predicted molar refractivity (Wildman–Crippen MR) is 105 cm³/mol. The van der Waals surface area contributed by atoms with Gasteiger partial charge in [-0.1, -0.05) is 24.3 Å². The summed E-state index contributed by atoms with van der Waals surface area (Å²) in [6.07, 6.45) is 3.48. The van der Waals surface area contributed by atoms with Gasteiger partial charge in [-0.3, -0.25) is 9.36 Å². The average molecular weight is 394 g/mol. The average Bonchev–Trinajstić information content (AvgIpc) is 3.27. The van der Waals surface area contributed by atoms with E-state index in [0.717, 1.165) is 0 Å². The minimum Gasteiger partial charge on any atom is -0.408 e. The monoisotopic (exact) mass is 394 g/mol. The van der Waals surface area contributed by atoms with Crippen LogP contribution in [0, 0.1) is 5.82 Å². The van der Waals surface area contributed by atoms with Crippen molar-refractivity contribution in [3.05, 3.63) is 88.7 Å². The molecule has 29 heavy (non-hydrogen) atoms. The summed E-state index contributed by atoms with van der Waals surface area (Å²) < 4.78 is 21.7. The summed E-state index contributed by atoms with van der Waals surface area (Å²) in [5.74, 6) is -0.501. The molecule has 1 unspecified atom stereocenters. The number of nitrogens with zero attached hydrogens (tertiary/aromatic N) is 3. The van der Waals surface area contributed by atoms with Crippen LogP contribution in [0.3, 0.4) is 0 Å². The van der Waals surface area contributed by atoms with Crippen molar-refractivity contribution in [2.24, 2.45) is 7.05 Å². The van der Waals surface area contributed by atoms with E-state index in [0.29, 0.717) is 22.5 Å². The topological polar surface area (TPSA) is 82.1 Å². The lowest BCUT2D eigenvalue weighted by molar-refractivity contribution is -0.121. The number of rotatable bonds is 6. The van der Waals surface area contributed by atoms with E-state index in [1.807, 2.05) is 7.05 Å². The second-order valence-corrected chi connectivity index (χ2v) is 6.69. The van der Waals surface area contributed by atoms with Crippen LogP contribution < -0.4 is 11.1 Å². The Kier molecular flexibility index (Phi) is 4.99. The number of aromatic nitrogens is 3. The Balaban J connectivity index is 1.54. The molecule has 1 N–H and O–H groups in total. The lowest BCUT2D eigenvalue weighted by Gasteiger charge is -2.19. The van der Waals surface area contributed by atoms with Crippen LogP contribution in [0.2, 0.25) is 0 Å². The van der Waals surface area contributed by atoms with Gasteiger partial charge in [-0.2, -0.15) is 0 Å². The van der Waals surface area contributed by atoms with E-state index in [4.69, 9.17) is 4.42 Å². The van der Waals surface area contributed by atoms with Crippen molar-refractivity contribution >= 4 is 17.0 Å². The number of imidazole rings is 1. The molecule has 0 aliphatic heterocycles. The molecule has 148 valence electrons. The maximum atomic E-state index is 13.3. The molecular formula is C21H19FN4O3. The van der Waals surface area contributed by atoms with Crippen molar-refractivity contribution in [3.63, 3.8) is 0 Å². The molecule has 4 rings (SSSR count). The fraction of sp³-hybridized carbons (Fsp3) is 0.190. The molecule has 0 radical (unpaired) electrons. The zero-order valence-corrected chi connectivity index (χ0v) is 15.7. The van der Waals surface area contributed by atoms with Gasteiger partial charge in [0.25, 0.3) is 0 Å². The molecule has 0 spiro atoms. The van der Waals surface area contributed by atoms with Gasteiger partial charge < -0.3 is 14.3 Å². The molecule has 2 aromatic carbocycles. The zero-order valence-electron chi connectivity index (χ0n) is 15.7. The van der Waals surface area contributed by atoms with Gasteiger partial charge in [-0.05, 0) is 29.8 Å². The molecule has 0 bridgehead atoms. The second-order valence-electron chi connectivity index (χ2n) is 6.69. The van der Waals surface area contributed by atoms with Crippen LogP contribution in [0.5, 0.6) is 0 Å². The van der Waals surface area contributed by atoms with Crippen LogP contribution >= 0.6 is 0 Å². The smallest absolute Gasteiger partial charge is 0.408 e. The summed E-state index contributed by atoms with van der Waals surface area (Å²) in [6.45, 7) is 0.179. The standard InChI is InChI=1S/C21H19FN4O3/c1-25-13-11-23-20(25)19(14-6-8-15(22)9-7-14)24-18(27)10-12-26-16-4-2-3-5-17(16)29-21(26)28/h2-9,11,13,19H,10,12H2,1H3,(H,24,27). The third-order valence-corrected chi connectivity index (χ3v) is 4.76. The molecule has 1 amide bonds. The predicted octanol–water partition coefficient (Wildman–Crippen LogP) is 2.76. The van der Waals surface area contributed by atoms with Crippen LogP contribution in [0.4, 0.5) is 4.39 Å². The van der Waals surface area contributed by atoms with Gasteiger partial charge in [0, 0.05) is 32.4 Å². The number of carbonyl (C=O) groups excluding carboxylic acids is 1. The molecule has 4 aromatic rings. The lowest BCUT2D eigenvalue weighted by Crippen LogP contribution is -2.32. The minimum atomic E-state index is -0.541. The third kappa shape index (κ3) is 3.82. The number of amides is 1. The highest BCUT2D eigenvalue weighted by molar-refractivity contribution is 5.77. The van der Waals surface area contributed by atoms with Gasteiger partial charge in [0.2, 0.25) is 5.91 Å². The Morgan fingerprint density at radius 1 is 1.21 bits per heavy atom. The first-order valence-corrected chi connectivity index (χ1v) is 9.13. The maximum absolute atomic E-state index is 13.3. The highest BCUT2D eigenvalue weighted by Crippen LogP contribution is 2.21. The summed E-state index contributed by atoms with van der Waals surface area (Å²) >= 11 is 0. The van der Waals surface area contributed by atoms with Gasteiger partial charge in [0.15, 0.2) is 5.58 Å². The molecule has 0 aliphatic rings. The molecule has 2 aromatic heterocycles. The van der Waals surface area contributed by atoms with E-state index in [1.165, 1.54) is 16.7 Å². The van der Waals surface area contributed by atoms with Gasteiger partial charge in [-0.25, -0.2) is 14.2 Å². The fourth-order valence-corrected chi connectivity index (χ4v) is 3.28. The van der Waals surface area contributed by atoms with Crippen molar-refractivity contribution in [1.29, 1.82) is 0 Å². The largest absolute Gasteiger partial charge is 0.419 e. The highest BCUT2D eigenvalue weighted by atomic mass is 19.1. The van der Waals surface area contributed by atoms with E-state index in [-0.39, 0.29) is 24.7 Å². The number of carbonyl (C=O) groups is 1. The van der Waals surface area contributed by atoms with Crippen LogP contribution in [0.1, 0.15) is 23.9 Å². The first-order valence-electron chi connectivity index (χ1n) is 9.13. The molecule has 1 atom stereocenters. The summed E-state index contributed by atoms with van der Waals surface area (Å²) in [5.41, 5.74) is 1.83. The number of hydrogen-bond donors (Lipinski definition) is 1. The van der Waals surface area contributed by atoms with Gasteiger partial charge >= 0.3 is 5.76 Å². The lowest BCUT2D eigenvalue weighted by atomic mass is 10.1. The van der Waals surface area contributed by atoms with Crippen molar-refractivity contribution < 1.29 is 13.6 Å². The van der Waals surface area contributed by atoms with Gasteiger partial charge in [0.1, 0.15) is 17.7 Å². The van der Waals surface area contributed by atoms with Crippen molar-refractivity contribution in [1.82, 2.24) is 19.4 Å². The van der Waals surface area contributed by atoms with E-state index in [2.05, 4.69) is 10.3 Å². The molecule has 7 nitrogen and oxygen atoms in total. The van der Waals surface area contributed by atoms with Gasteiger partial charge in [0.05, 0.1) is 5.52 Å². The Morgan fingerprint density at radius 3 is 2.69 bits per heavy atom. The number of benzene rings is 2. The van der Waals surface area contributed by atoms with Crippen molar-refractivity contribution in [2.75, 3.05) is 0 Å². The molecule has 0 saturated carbocycles. The molecule has 2 heterocycles. The normalized spacial score (nSPS) is 12.2. The number of nitrogens with one attached hydrogen (secondary N) is 1. The zero-order chi connectivity index (χ0) is 20.4. The van der Waals surface area contributed by atoms with E-state index >= 15 is 0 Å². The molecule has 0 saturated heterocycles. The minimum absolute atomic E-state index is 0.0750. The summed E-state index contributed by atoms with van der Waals surface area (Å²) in [5, 5.41) is 2.94. The second kappa shape index (κ2) is 7.75. The number of fused-ring (bicyclic) bond motifs is 1. The molecule has 8 heteroatoms. The van der Waals surface area contributed by atoms with Crippen molar-refractivity contribution in [2.45, 2.75) is 19.0 Å².